The van der Waals surface area contributed by atoms with Gasteiger partial charge in [0.25, 0.3) is 0 Å². The fourth-order valence-electron chi connectivity index (χ4n) is 3.63. The zero-order valence-electron chi connectivity index (χ0n) is 15.7. The minimum Gasteiger partial charge on any atom is -0.350 e. The summed E-state index contributed by atoms with van der Waals surface area (Å²) in [6.07, 6.45) is 1.50. The normalized spacial score (nSPS) is 14.0. The van der Waals surface area contributed by atoms with Crippen LogP contribution in [-0.2, 0) is 29.7 Å². The number of fused-ring (bicyclic) bond motifs is 1. The van der Waals surface area contributed by atoms with Crippen LogP contribution in [-0.4, -0.2) is 27.5 Å². The van der Waals surface area contributed by atoms with Gasteiger partial charge in [-0.2, -0.15) is 0 Å². The van der Waals surface area contributed by atoms with Crippen LogP contribution in [0.5, 0.6) is 0 Å². The molecule has 28 heavy (non-hydrogen) atoms. The number of rotatable bonds is 5. The molecule has 1 aromatic heterocycles. The van der Waals surface area contributed by atoms with Crippen molar-refractivity contribution in [2.24, 2.45) is 7.05 Å². The number of hydrogen-bond donors (Lipinski definition) is 1. The molecule has 2 heterocycles. The summed E-state index contributed by atoms with van der Waals surface area (Å²) < 4.78 is 3.02. The number of benzene rings is 2. The highest BCUT2D eigenvalue weighted by Gasteiger charge is 2.21. The number of aromatic nitrogens is 2. The number of amides is 2. The Balaban J connectivity index is 1.41. The molecule has 1 aliphatic heterocycles. The van der Waals surface area contributed by atoms with Crippen LogP contribution >= 0.6 is 0 Å². The molecule has 4 rings (SSSR count). The largest absolute Gasteiger partial charge is 0.350 e. The van der Waals surface area contributed by atoms with Gasteiger partial charge in [0.15, 0.2) is 0 Å². The van der Waals surface area contributed by atoms with Crippen LogP contribution in [0, 0.1) is 0 Å². The van der Waals surface area contributed by atoms with Crippen LogP contribution in [0.2, 0.25) is 0 Å². The first-order valence-corrected chi connectivity index (χ1v) is 9.35. The van der Waals surface area contributed by atoms with E-state index in [-0.39, 0.29) is 24.0 Å². The number of imidazole rings is 1. The molecule has 7 heteroatoms. The lowest BCUT2D eigenvalue weighted by atomic mass is 10.2. The van der Waals surface area contributed by atoms with Crippen LogP contribution in [0.3, 0.4) is 0 Å². The lowest BCUT2D eigenvalue weighted by Gasteiger charge is -2.16. The third-order valence-corrected chi connectivity index (χ3v) is 5.16. The Hall–Kier alpha value is -3.35. The number of carbonyl (C=O) groups excluding carboxylic acids is 2. The molecule has 0 radical (unpaired) electrons. The van der Waals surface area contributed by atoms with Gasteiger partial charge in [-0.25, -0.2) is 4.79 Å². The number of aryl methyl sites for hydroxylation is 1. The topological polar surface area (TPSA) is 76.3 Å². The van der Waals surface area contributed by atoms with Crippen LogP contribution in [0.15, 0.2) is 53.3 Å². The van der Waals surface area contributed by atoms with E-state index in [1.807, 2.05) is 48.5 Å². The van der Waals surface area contributed by atoms with Crippen molar-refractivity contribution in [3.8, 4) is 0 Å². The van der Waals surface area contributed by atoms with Crippen LogP contribution in [0.25, 0.3) is 11.0 Å². The van der Waals surface area contributed by atoms with Crippen molar-refractivity contribution < 1.29 is 9.59 Å². The summed E-state index contributed by atoms with van der Waals surface area (Å²) >= 11 is 0. The second kappa shape index (κ2) is 7.34. The van der Waals surface area contributed by atoms with E-state index in [1.54, 1.807) is 16.5 Å². The molecule has 0 saturated carbocycles. The second-order valence-corrected chi connectivity index (χ2v) is 7.01. The number of hydrogen-bond acceptors (Lipinski definition) is 3. The van der Waals surface area contributed by atoms with Gasteiger partial charge in [0, 0.05) is 32.2 Å². The molecule has 144 valence electrons. The third kappa shape index (κ3) is 3.31. The van der Waals surface area contributed by atoms with Gasteiger partial charge in [0.05, 0.1) is 11.0 Å². The third-order valence-electron chi connectivity index (χ3n) is 5.16. The molecular weight excluding hydrogens is 356 g/mol. The number of anilines is 1. The maximum atomic E-state index is 12.4. The van der Waals surface area contributed by atoms with Gasteiger partial charge in [-0.3, -0.25) is 18.7 Å². The predicted octanol–water partition coefficient (Wildman–Crippen LogP) is 1.78. The zero-order valence-corrected chi connectivity index (χ0v) is 15.7. The summed E-state index contributed by atoms with van der Waals surface area (Å²) in [6, 6.07) is 15.0. The summed E-state index contributed by atoms with van der Waals surface area (Å²) in [5.74, 6) is -0.0705. The summed E-state index contributed by atoms with van der Waals surface area (Å²) in [5.41, 5.74) is 3.15. The first kappa shape index (κ1) is 18.0. The van der Waals surface area contributed by atoms with Crippen LogP contribution in [0.1, 0.15) is 18.4 Å². The minimum atomic E-state index is -0.225. The van der Waals surface area contributed by atoms with Crippen LogP contribution < -0.4 is 15.9 Å². The molecule has 1 N–H and O–H groups in total. The van der Waals surface area contributed by atoms with Gasteiger partial charge in [-0.05, 0) is 36.2 Å². The Bertz CT molecular complexity index is 1100. The quantitative estimate of drug-likeness (QED) is 0.735. The SMILES string of the molecule is Cn1c(=O)n(CC(=O)NCc2ccc(N3CCCC3=O)cc2)c2ccccc21. The second-order valence-electron chi connectivity index (χ2n) is 7.01. The highest BCUT2D eigenvalue weighted by atomic mass is 16.2. The van der Waals surface area contributed by atoms with E-state index in [4.69, 9.17) is 0 Å². The Morgan fingerprint density at radius 2 is 1.75 bits per heavy atom. The number of nitrogens with one attached hydrogen (secondary N) is 1. The first-order valence-electron chi connectivity index (χ1n) is 9.35. The van der Waals surface area contributed by atoms with Crippen molar-refractivity contribution in [2.45, 2.75) is 25.9 Å². The first-order chi connectivity index (χ1) is 13.5. The highest BCUT2D eigenvalue weighted by molar-refractivity contribution is 5.95. The molecule has 0 aliphatic carbocycles. The average molecular weight is 378 g/mol. The van der Waals surface area contributed by atoms with E-state index in [1.165, 1.54) is 4.57 Å². The monoisotopic (exact) mass is 378 g/mol. The fourth-order valence-corrected chi connectivity index (χ4v) is 3.63. The molecular formula is C21H22N4O3. The molecule has 0 unspecified atom stereocenters. The molecule has 1 fully saturated rings. The molecule has 0 atom stereocenters. The lowest BCUT2D eigenvalue weighted by Crippen LogP contribution is -2.32. The van der Waals surface area contributed by atoms with E-state index in [0.717, 1.165) is 35.2 Å². The van der Waals surface area contributed by atoms with Gasteiger partial charge >= 0.3 is 5.69 Å². The summed E-state index contributed by atoms with van der Waals surface area (Å²) in [4.78, 5) is 38.4. The van der Waals surface area contributed by atoms with Crippen LogP contribution in [0.4, 0.5) is 5.69 Å². The van der Waals surface area contributed by atoms with E-state index < -0.39 is 0 Å². The maximum Gasteiger partial charge on any atom is 0.329 e. The Kier molecular flexibility index (Phi) is 4.73. The molecule has 1 saturated heterocycles. The smallest absolute Gasteiger partial charge is 0.329 e. The van der Waals surface area contributed by atoms with Crippen molar-refractivity contribution in [3.63, 3.8) is 0 Å². The van der Waals surface area contributed by atoms with Crippen molar-refractivity contribution in [1.82, 2.24) is 14.5 Å². The van der Waals surface area contributed by atoms with E-state index in [0.29, 0.717) is 13.0 Å². The van der Waals surface area contributed by atoms with Crippen molar-refractivity contribution in [2.75, 3.05) is 11.4 Å². The zero-order chi connectivity index (χ0) is 19.7. The van der Waals surface area contributed by atoms with Crippen molar-refractivity contribution in [3.05, 3.63) is 64.6 Å². The molecule has 7 nitrogen and oxygen atoms in total. The molecule has 0 bridgehead atoms. The standard InChI is InChI=1S/C21H22N4O3/c1-23-17-5-2-3-6-18(17)25(21(23)28)14-19(26)22-13-15-8-10-16(11-9-15)24-12-4-7-20(24)27/h2-3,5-6,8-11H,4,7,12-14H2,1H3,(H,22,26). The van der Waals surface area contributed by atoms with Crippen molar-refractivity contribution in [1.29, 1.82) is 0 Å². The Morgan fingerprint density at radius 1 is 1.04 bits per heavy atom. The Labute approximate surface area is 162 Å². The predicted molar refractivity (Wildman–Crippen MR) is 107 cm³/mol. The lowest BCUT2D eigenvalue weighted by molar-refractivity contribution is -0.121. The average Bonchev–Trinajstić information content (AvgIpc) is 3.24. The van der Waals surface area contributed by atoms with E-state index in [2.05, 4.69) is 5.32 Å². The number of carbonyl (C=O) groups is 2. The summed E-state index contributed by atoms with van der Waals surface area (Å²) in [5, 5.41) is 2.86. The molecule has 0 spiro atoms. The van der Waals surface area contributed by atoms with Gasteiger partial charge in [-0.15, -0.1) is 0 Å². The molecule has 2 amide bonds. The van der Waals surface area contributed by atoms with Gasteiger partial charge in [0.2, 0.25) is 11.8 Å². The number of para-hydroxylation sites is 2. The van der Waals surface area contributed by atoms with Gasteiger partial charge < -0.3 is 10.2 Å². The van der Waals surface area contributed by atoms with E-state index >= 15 is 0 Å². The summed E-state index contributed by atoms with van der Waals surface area (Å²) in [7, 11) is 1.70. The van der Waals surface area contributed by atoms with Crippen molar-refractivity contribution >= 4 is 28.5 Å². The number of nitrogens with zero attached hydrogens (tertiary/aromatic N) is 3. The summed E-state index contributed by atoms with van der Waals surface area (Å²) in [6.45, 7) is 1.10. The maximum absolute atomic E-state index is 12.4. The van der Waals surface area contributed by atoms with Gasteiger partial charge in [0.1, 0.15) is 6.54 Å². The molecule has 3 aromatic rings. The highest BCUT2D eigenvalue weighted by Crippen LogP contribution is 2.21. The molecule has 1 aliphatic rings. The van der Waals surface area contributed by atoms with Gasteiger partial charge in [-0.1, -0.05) is 24.3 Å². The van der Waals surface area contributed by atoms with E-state index in [9.17, 15) is 14.4 Å². The molecule has 2 aromatic carbocycles. The minimum absolute atomic E-state index is 0.0272. The Morgan fingerprint density at radius 3 is 2.43 bits per heavy atom. The fraction of sp³-hybridized carbons (Fsp3) is 0.286.